The fourth-order valence-corrected chi connectivity index (χ4v) is 1.89. The molecular weight excluding hydrogens is 311 g/mol. The molecule has 0 radical (unpaired) electrons. The van der Waals surface area contributed by atoms with Gasteiger partial charge in [-0.25, -0.2) is 4.79 Å². The van der Waals surface area contributed by atoms with Gasteiger partial charge in [-0.05, 0) is 24.3 Å². The van der Waals surface area contributed by atoms with Crippen LogP contribution < -0.4 is 5.73 Å². The van der Waals surface area contributed by atoms with Crippen molar-refractivity contribution in [2.24, 2.45) is 5.73 Å². The molecule has 0 saturated carbocycles. The summed E-state index contributed by atoms with van der Waals surface area (Å²) in [7, 11) is 0. The molecule has 2 aromatic carbocycles. The van der Waals surface area contributed by atoms with Crippen molar-refractivity contribution in [1.29, 1.82) is 0 Å². The van der Waals surface area contributed by atoms with Crippen LogP contribution in [-0.2, 0) is 15.7 Å². The molecule has 2 rings (SSSR count). The smallest absolute Gasteiger partial charge is 0.416 e. The average Bonchev–Trinajstić information content (AvgIpc) is 2.52. The molecule has 0 aromatic heterocycles. The van der Waals surface area contributed by atoms with Gasteiger partial charge in [0.2, 0.25) is 6.10 Å². The Hall–Kier alpha value is -2.83. The van der Waals surface area contributed by atoms with Crippen LogP contribution in [0.3, 0.4) is 0 Å². The van der Waals surface area contributed by atoms with Crippen molar-refractivity contribution in [2.45, 2.75) is 12.3 Å². The number of ether oxygens (including phenoxy) is 1. The van der Waals surface area contributed by atoms with Crippen LogP contribution in [0.15, 0.2) is 54.6 Å². The lowest BCUT2D eigenvalue weighted by atomic mass is 10.1. The first-order valence-corrected chi connectivity index (χ1v) is 6.51. The Morgan fingerprint density at radius 2 is 1.52 bits per heavy atom. The van der Waals surface area contributed by atoms with Crippen LogP contribution in [-0.4, -0.2) is 11.9 Å². The zero-order chi connectivity index (χ0) is 17.0. The van der Waals surface area contributed by atoms with Gasteiger partial charge >= 0.3 is 12.1 Å². The fourth-order valence-electron chi connectivity index (χ4n) is 1.89. The van der Waals surface area contributed by atoms with E-state index in [9.17, 15) is 22.8 Å². The van der Waals surface area contributed by atoms with E-state index in [4.69, 9.17) is 10.5 Å². The molecule has 1 amide bonds. The molecule has 0 aliphatic heterocycles. The Morgan fingerprint density at radius 1 is 0.957 bits per heavy atom. The first kappa shape index (κ1) is 16.5. The number of hydrogen-bond donors (Lipinski definition) is 1. The van der Waals surface area contributed by atoms with E-state index in [2.05, 4.69) is 0 Å². The van der Waals surface area contributed by atoms with Crippen molar-refractivity contribution in [3.05, 3.63) is 71.3 Å². The number of nitrogens with two attached hydrogens (primary N) is 1. The molecule has 120 valence electrons. The lowest BCUT2D eigenvalue weighted by molar-refractivity contribution is -0.137. The normalized spacial score (nSPS) is 12.5. The van der Waals surface area contributed by atoms with Gasteiger partial charge in [0.05, 0.1) is 11.1 Å². The van der Waals surface area contributed by atoms with E-state index < -0.39 is 29.7 Å². The van der Waals surface area contributed by atoms with E-state index >= 15 is 0 Å². The molecule has 0 aliphatic rings. The van der Waals surface area contributed by atoms with Crippen molar-refractivity contribution in [2.75, 3.05) is 0 Å². The second-order valence-corrected chi connectivity index (χ2v) is 4.67. The molecule has 0 aliphatic carbocycles. The summed E-state index contributed by atoms with van der Waals surface area (Å²) in [6.45, 7) is 0. The Bertz CT molecular complexity index is 697. The lowest BCUT2D eigenvalue weighted by Crippen LogP contribution is -2.26. The SMILES string of the molecule is NC(=O)C(OC(=O)c1ccc(C(F)(F)F)cc1)c1ccccc1. The molecule has 1 atom stereocenters. The number of carbonyl (C=O) groups is 2. The third kappa shape index (κ3) is 4.09. The number of amides is 1. The summed E-state index contributed by atoms with van der Waals surface area (Å²) < 4.78 is 42.5. The van der Waals surface area contributed by atoms with Crippen LogP contribution in [0.4, 0.5) is 13.2 Å². The number of halogens is 3. The van der Waals surface area contributed by atoms with Crippen LogP contribution in [0.2, 0.25) is 0 Å². The predicted octanol–water partition coefficient (Wildman–Crippen LogP) is 3.09. The van der Waals surface area contributed by atoms with E-state index in [1.54, 1.807) is 30.3 Å². The summed E-state index contributed by atoms with van der Waals surface area (Å²) in [4.78, 5) is 23.4. The lowest BCUT2D eigenvalue weighted by Gasteiger charge is -2.15. The zero-order valence-corrected chi connectivity index (χ0v) is 11.7. The maximum absolute atomic E-state index is 12.5. The third-order valence-electron chi connectivity index (χ3n) is 3.03. The van der Waals surface area contributed by atoms with Crippen molar-refractivity contribution >= 4 is 11.9 Å². The molecule has 0 heterocycles. The second kappa shape index (κ2) is 6.51. The Labute approximate surface area is 129 Å². The van der Waals surface area contributed by atoms with E-state index in [1.165, 1.54) is 0 Å². The van der Waals surface area contributed by atoms with E-state index in [0.29, 0.717) is 5.56 Å². The van der Waals surface area contributed by atoms with Gasteiger partial charge in [-0.15, -0.1) is 0 Å². The molecule has 23 heavy (non-hydrogen) atoms. The minimum absolute atomic E-state index is 0.111. The molecule has 1 unspecified atom stereocenters. The van der Waals surface area contributed by atoms with Crippen LogP contribution in [0.25, 0.3) is 0 Å². The van der Waals surface area contributed by atoms with Gasteiger partial charge in [0.15, 0.2) is 0 Å². The summed E-state index contributed by atoms with van der Waals surface area (Å²) in [6.07, 6.45) is -5.81. The maximum Gasteiger partial charge on any atom is 0.416 e. The molecule has 0 saturated heterocycles. The standard InChI is InChI=1S/C16H12F3NO3/c17-16(18,19)12-8-6-11(7-9-12)15(22)23-13(14(20)21)10-4-2-1-3-5-10/h1-9,13H,(H2,20,21). The molecular formula is C16H12F3NO3. The number of alkyl halides is 3. The molecule has 4 nitrogen and oxygen atoms in total. The van der Waals surface area contributed by atoms with Crippen LogP contribution in [0, 0.1) is 0 Å². The number of carbonyl (C=O) groups excluding carboxylic acids is 2. The summed E-state index contributed by atoms with van der Waals surface area (Å²) in [6, 6.07) is 11.6. The number of rotatable bonds is 4. The Morgan fingerprint density at radius 3 is 2.00 bits per heavy atom. The zero-order valence-electron chi connectivity index (χ0n) is 11.7. The van der Waals surface area contributed by atoms with E-state index in [1.807, 2.05) is 0 Å². The molecule has 7 heteroatoms. The summed E-state index contributed by atoms with van der Waals surface area (Å²) in [5.74, 6) is -1.82. The van der Waals surface area contributed by atoms with E-state index in [0.717, 1.165) is 24.3 Å². The van der Waals surface area contributed by atoms with Gasteiger partial charge in [0.25, 0.3) is 5.91 Å². The van der Waals surface area contributed by atoms with Crippen molar-refractivity contribution in [3.63, 3.8) is 0 Å². The van der Waals surface area contributed by atoms with E-state index in [-0.39, 0.29) is 5.56 Å². The van der Waals surface area contributed by atoms with Crippen molar-refractivity contribution in [1.82, 2.24) is 0 Å². The Balaban J connectivity index is 2.18. The molecule has 0 fully saturated rings. The predicted molar refractivity (Wildman–Crippen MR) is 75.2 cm³/mol. The topological polar surface area (TPSA) is 69.4 Å². The van der Waals surface area contributed by atoms with Gasteiger partial charge in [-0.2, -0.15) is 13.2 Å². The molecule has 0 bridgehead atoms. The number of esters is 1. The number of hydrogen-bond acceptors (Lipinski definition) is 3. The van der Waals surface area contributed by atoms with Crippen molar-refractivity contribution in [3.8, 4) is 0 Å². The summed E-state index contributed by atoms with van der Waals surface area (Å²) in [5.41, 5.74) is 4.59. The van der Waals surface area contributed by atoms with Crippen LogP contribution in [0.1, 0.15) is 27.6 Å². The summed E-state index contributed by atoms with van der Waals surface area (Å²) in [5, 5.41) is 0. The number of primary amides is 1. The largest absolute Gasteiger partial charge is 0.444 e. The highest BCUT2D eigenvalue weighted by Gasteiger charge is 2.30. The number of benzene rings is 2. The quantitative estimate of drug-likeness (QED) is 0.879. The minimum atomic E-state index is -4.50. The highest BCUT2D eigenvalue weighted by molar-refractivity contribution is 5.92. The average molecular weight is 323 g/mol. The van der Waals surface area contributed by atoms with Gasteiger partial charge in [0.1, 0.15) is 0 Å². The minimum Gasteiger partial charge on any atom is -0.444 e. The molecule has 2 N–H and O–H groups in total. The van der Waals surface area contributed by atoms with Gasteiger partial charge in [-0.3, -0.25) is 4.79 Å². The van der Waals surface area contributed by atoms with Crippen LogP contribution >= 0.6 is 0 Å². The second-order valence-electron chi connectivity index (χ2n) is 4.67. The summed E-state index contributed by atoms with van der Waals surface area (Å²) >= 11 is 0. The Kier molecular flexibility index (Phi) is 4.68. The van der Waals surface area contributed by atoms with Crippen LogP contribution in [0.5, 0.6) is 0 Å². The first-order valence-electron chi connectivity index (χ1n) is 6.51. The van der Waals surface area contributed by atoms with Gasteiger partial charge in [0, 0.05) is 5.56 Å². The maximum atomic E-state index is 12.5. The molecule has 2 aromatic rings. The highest BCUT2D eigenvalue weighted by atomic mass is 19.4. The highest BCUT2D eigenvalue weighted by Crippen LogP contribution is 2.29. The first-order chi connectivity index (χ1) is 10.8. The monoisotopic (exact) mass is 323 g/mol. The van der Waals surface area contributed by atoms with Gasteiger partial charge in [-0.1, -0.05) is 30.3 Å². The fraction of sp³-hybridized carbons (Fsp3) is 0.125. The molecule has 0 spiro atoms. The van der Waals surface area contributed by atoms with Gasteiger partial charge < -0.3 is 10.5 Å². The third-order valence-corrected chi connectivity index (χ3v) is 3.03. The van der Waals surface area contributed by atoms with Crippen molar-refractivity contribution < 1.29 is 27.5 Å².